The quantitative estimate of drug-likeness (QED) is 0.0114. The molecule has 0 spiro atoms. The third-order valence-corrected chi connectivity index (χ3v) is 20.9. The van der Waals surface area contributed by atoms with E-state index in [1.165, 1.54) is 46.4 Å². The summed E-state index contributed by atoms with van der Waals surface area (Å²) in [5.74, 6) is -19.9. The number of aliphatic hydroxyl groups excluding tert-OH is 1. The summed E-state index contributed by atoms with van der Waals surface area (Å²) in [6, 6.07) is -7.76. The lowest BCUT2D eigenvalue weighted by Gasteiger charge is -2.29. The number of carboxylic acid groups (broad SMARTS) is 1. The Balaban J connectivity index is 1.48. The zero-order chi connectivity index (χ0) is 84.2. The fraction of sp³-hybridized carbons (Fsp3) is 0.500. The summed E-state index contributed by atoms with van der Waals surface area (Å²) >= 11 is 0. The van der Waals surface area contributed by atoms with Gasteiger partial charge in [0.05, 0.1) is 31.1 Å². The van der Waals surface area contributed by atoms with Crippen LogP contribution in [-0.4, -0.2) is 234 Å². The largest absolute Gasteiger partial charge is 0.481 e. The van der Waals surface area contributed by atoms with Crippen molar-refractivity contribution in [2.45, 2.75) is 192 Å². The highest BCUT2D eigenvalue weighted by atomic mass is 33.1. The van der Waals surface area contributed by atoms with Gasteiger partial charge in [-0.3, -0.25) is 82.1 Å². The number of aromatic nitrogens is 4. The number of carboxylic acids is 1. The summed E-state index contributed by atoms with van der Waals surface area (Å²) in [6.07, 6.45) is 0.847. The van der Waals surface area contributed by atoms with Crippen molar-refractivity contribution in [2.24, 2.45) is 29.0 Å². The van der Waals surface area contributed by atoms with Gasteiger partial charge in [0.1, 0.15) is 72.5 Å². The van der Waals surface area contributed by atoms with Crippen LogP contribution in [0.2, 0.25) is 0 Å². The molecule has 1 aliphatic rings. The highest BCUT2D eigenvalue weighted by Gasteiger charge is 2.39. The Morgan fingerprint density at radius 1 is 0.640 bits per heavy atom. The predicted octanol–water partition coefficient (Wildman–Crippen LogP) is -4.35. The molecule has 42 heteroatoms. The third-order valence-electron chi connectivity index (χ3n) is 18.5. The summed E-state index contributed by atoms with van der Waals surface area (Å²) in [5.41, 5.74) is 19.8. The van der Waals surface area contributed by atoms with Gasteiger partial charge in [-0.05, 0) is 81.2 Å². The second-order valence-electron chi connectivity index (χ2n) is 28.0. The van der Waals surface area contributed by atoms with Gasteiger partial charge in [-0.25, -0.2) is 4.98 Å². The van der Waals surface area contributed by atoms with Gasteiger partial charge in [-0.15, -0.1) is 0 Å². The molecular weight excluding hydrogens is 1530 g/mol. The van der Waals surface area contributed by atoms with Crippen LogP contribution >= 0.6 is 21.6 Å². The van der Waals surface area contributed by atoms with E-state index in [1.54, 1.807) is 63.4 Å². The molecular formula is C72H102N22O18S2. The molecule has 3 aromatic heterocycles. The van der Waals surface area contributed by atoms with Crippen LogP contribution in [0.1, 0.15) is 109 Å². The van der Waals surface area contributed by atoms with Gasteiger partial charge in [0.15, 0.2) is 5.96 Å². The summed E-state index contributed by atoms with van der Waals surface area (Å²) in [6.45, 7) is 10.9. The molecule has 15 amide bonds. The Kier molecular flexibility index (Phi) is 35.0. The van der Waals surface area contributed by atoms with Gasteiger partial charge in [0, 0.05) is 91.1 Å². The minimum Gasteiger partial charge on any atom is -0.481 e. The Morgan fingerprint density at radius 3 is 1.82 bits per heavy atom. The average molecular weight is 1630 g/mol. The van der Waals surface area contributed by atoms with E-state index in [-0.39, 0.29) is 44.3 Å². The van der Waals surface area contributed by atoms with E-state index in [0.29, 0.717) is 39.4 Å². The Labute approximate surface area is 662 Å². The molecule has 2 aromatic carbocycles. The molecule has 0 unspecified atom stereocenters. The molecule has 1 saturated heterocycles. The zero-order valence-corrected chi connectivity index (χ0v) is 65.8. The van der Waals surface area contributed by atoms with E-state index in [0.717, 1.165) is 34.1 Å². The van der Waals surface area contributed by atoms with Crippen molar-refractivity contribution in [2.75, 3.05) is 24.6 Å². The van der Waals surface area contributed by atoms with Crippen molar-refractivity contribution in [1.82, 2.24) is 94.4 Å². The van der Waals surface area contributed by atoms with Crippen LogP contribution in [0.3, 0.4) is 0 Å². The normalized spacial score (nSPS) is 22.6. The van der Waals surface area contributed by atoms with Gasteiger partial charge >= 0.3 is 5.97 Å². The van der Waals surface area contributed by atoms with E-state index in [1.807, 2.05) is 6.07 Å². The molecule has 26 N–H and O–H groups in total. The average Bonchev–Trinajstić information content (AvgIpc) is 1.59. The van der Waals surface area contributed by atoms with Gasteiger partial charge in [-0.2, -0.15) is 0 Å². The lowest BCUT2D eigenvalue weighted by molar-refractivity contribution is -0.141. The molecule has 1 aliphatic heterocycles. The van der Waals surface area contributed by atoms with Crippen molar-refractivity contribution in [3.05, 3.63) is 89.8 Å². The number of imidazole rings is 1. The van der Waals surface area contributed by atoms with E-state index in [2.05, 4.69) is 94.4 Å². The molecule has 4 heterocycles. The number of carbonyl (C=O) groups excluding carboxylic acids is 15. The Bertz CT molecular complexity index is 4310. The molecule has 6 rings (SSSR count). The molecule has 0 bridgehead atoms. The van der Waals surface area contributed by atoms with Crippen molar-refractivity contribution in [3.8, 4) is 0 Å². The second kappa shape index (κ2) is 43.8. The number of nitrogens with one attached hydrogen (secondary N) is 18. The molecule has 5 aromatic rings. The maximum absolute atomic E-state index is 15.1. The van der Waals surface area contributed by atoms with Crippen molar-refractivity contribution in [3.63, 3.8) is 0 Å². The molecule has 40 nitrogen and oxygen atoms in total. The van der Waals surface area contributed by atoms with Crippen LogP contribution in [-0.2, 0) is 96.0 Å². The lowest BCUT2D eigenvalue weighted by Crippen LogP contribution is -2.61. The van der Waals surface area contributed by atoms with E-state index in [4.69, 9.17) is 22.6 Å². The van der Waals surface area contributed by atoms with Crippen LogP contribution in [0.4, 0.5) is 0 Å². The number of hydrogen-bond acceptors (Lipinski definition) is 21. The zero-order valence-electron chi connectivity index (χ0n) is 64.1. The van der Waals surface area contributed by atoms with Crippen molar-refractivity contribution in [1.29, 1.82) is 5.41 Å². The monoisotopic (exact) mass is 1630 g/mol. The molecule has 620 valence electrons. The van der Waals surface area contributed by atoms with E-state index >= 15 is 14.4 Å². The second-order valence-corrected chi connectivity index (χ2v) is 30.5. The number of aromatic amines is 3. The number of carbonyl (C=O) groups is 16. The maximum atomic E-state index is 15.1. The minimum absolute atomic E-state index is 0.00409. The number of hydrogen-bond donors (Lipinski definition) is 23. The smallest absolute Gasteiger partial charge is 0.305 e. The standard InChI is InChI=1S/C72H102N22O18S2/c1-9-35(5)58(84-38(8)96)71(112)92-53-31-114-113-30-52(69(110)94-59(37(7)95)60(74)101)91-63(104)46(15-12-20-78-72(75)76)85-66(107)50(24-41-28-77-32-82-41)87-61(102)36(6)83-55(98)29-81-62(103)48(22-39-26-79-44-14-11-10-13-42(39)44)88-67(108)51(25-56(99)100)89-64(105)47(18-19-54(73)97)86-65(106)49(90-70(111)57(33(2)3)93-68(53)109)23-40-27-80-45-17-16-34(4)21-43(40)45/h10-11,13-14,16-17,21,26-28,32-33,35-37,46-53,57-59,79-80,95H,9,12,15,18-20,22-25,29-31H2,1-8H3,(H2,73,97)(H2,74,101)(H,77,82)(H,81,103)(H,83,98)(H,84,96)(H,85,107)(H,86,106)(H,87,102)(H,88,108)(H,89,105)(H,90,111)(H,91,104)(H,92,112)(H,93,109)(H,94,110)(H,99,100)(H4,75,76,78)/t35-,36-,37+,46-,47-,48-,49-,50-,51-,52-,53-,57-,58-,59-/m0/s1. The Morgan fingerprint density at radius 2 is 1.21 bits per heavy atom. The lowest BCUT2D eigenvalue weighted by atomic mass is 9.97. The number of fused-ring (bicyclic) bond motifs is 2. The number of aliphatic carboxylic acids is 1. The number of aryl methyl sites for hydroxylation is 1. The van der Waals surface area contributed by atoms with Crippen LogP contribution < -0.4 is 91.6 Å². The van der Waals surface area contributed by atoms with Crippen molar-refractivity contribution < 1.29 is 86.9 Å². The van der Waals surface area contributed by atoms with E-state index < -0.39 is 228 Å². The molecule has 0 saturated carbocycles. The van der Waals surface area contributed by atoms with Crippen LogP contribution in [0, 0.1) is 24.2 Å². The van der Waals surface area contributed by atoms with Gasteiger partial charge < -0.3 is 117 Å². The third kappa shape index (κ3) is 28.1. The molecule has 0 aliphatic carbocycles. The molecule has 1 fully saturated rings. The Hall–Kier alpha value is -11.8. The number of guanidine groups is 1. The van der Waals surface area contributed by atoms with Gasteiger partial charge in [0.2, 0.25) is 88.6 Å². The number of aliphatic hydroxyl groups is 1. The SMILES string of the molecule is CC[C@H](C)[C@H](NC(C)=O)C(=O)N[C@H]1CSSC[C@@H](C(=O)N[C@H](C(N)=O)[C@@H](C)O)NC(=O)[C@H](CCCNC(=N)N)NC(=O)[C@H](Cc2c[nH]cn2)NC(=O)[C@H](C)NC(=O)CNC(=O)[C@H](Cc2c[nH]c3ccccc23)NC(=O)[C@H](CC(=O)O)NC(=O)[C@H](CCC(N)=O)NC(=O)[C@H](Cc2c[nH]c3ccc(C)cc23)NC(=O)[C@H](C(C)C)NC1=O. The number of para-hydroxylation sites is 1. The summed E-state index contributed by atoms with van der Waals surface area (Å²) < 4.78 is 0. The van der Waals surface area contributed by atoms with Crippen molar-refractivity contribution >= 4 is 144 Å². The fourth-order valence-corrected chi connectivity index (χ4v) is 14.3. The van der Waals surface area contributed by atoms with Crippen LogP contribution in [0.5, 0.6) is 0 Å². The fourth-order valence-electron chi connectivity index (χ4n) is 12.0. The number of nitrogens with zero attached hydrogens (tertiary/aromatic N) is 1. The summed E-state index contributed by atoms with van der Waals surface area (Å²) in [7, 11) is 1.64. The number of H-pyrrole nitrogens is 3. The van der Waals surface area contributed by atoms with Crippen LogP contribution in [0.25, 0.3) is 21.8 Å². The summed E-state index contributed by atoms with van der Waals surface area (Å²) in [4.78, 5) is 239. The first-order chi connectivity index (χ1) is 53.9. The first kappa shape index (κ1) is 91.1. The highest BCUT2D eigenvalue weighted by molar-refractivity contribution is 8.76. The van der Waals surface area contributed by atoms with Crippen LogP contribution in [0.15, 0.2) is 67.4 Å². The molecule has 114 heavy (non-hydrogen) atoms. The van der Waals surface area contributed by atoms with Gasteiger partial charge in [-0.1, -0.05) is 85.5 Å². The number of rotatable bonds is 25. The highest BCUT2D eigenvalue weighted by Crippen LogP contribution is 2.26. The van der Waals surface area contributed by atoms with Gasteiger partial charge in [0.25, 0.3) is 0 Å². The molecule has 0 radical (unpaired) electrons. The number of benzene rings is 2. The predicted molar refractivity (Wildman–Crippen MR) is 418 cm³/mol. The topological polar surface area (TPSA) is 644 Å². The first-order valence-electron chi connectivity index (χ1n) is 36.7. The first-order valence-corrected chi connectivity index (χ1v) is 39.2. The number of amides is 15. The minimum atomic E-state index is -2.06. The number of nitrogens with two attached hydrogens (primary N) is 3. The number of primary amides is 2. The maximum Gasteiger partial charge on any atom is 0.305 e. The van der Waals surface area contributed by atoms with E-state index in [9.17, 15) is 72.5 Å². The summed E-state index contributed by atoms with van der Waals surface area (Å²) in [5, 5.41) is 65.0. The molecule has 14 atom stereocenters.